The van der Waals surface area contributed by atoms with Crippen LogP contribution in [0.5, 0.6) is 0 Å². The number of aromatic nitrogens is 1. The number of pyridine rings is 1. The Balaban J connectivity index is 1.82. The maximum atomic E-state index is 12.2. The highest BCUT2D eigenvalue weighted by atomic mass is 16.2. The first-order chi connectivity index (χ1) is 10.6. The Morgan fingerprint density at radius 2 is 1.91 bits per heavy atom. The standard InChI is InChI=1S/C18H23N3O/c1-14-4-5-15(2)17(12-14)20-13-18(22)21(3)11-8-16-6-9-19-10-7-16/h4-7,9-10,12,20H,8,11,13H2,1-3H3. The lowest BCUT2D eigenvalue weighted by atomic mass is 10.1. The summed E-state index contributed by atoms with van der Waals surface area (Å²) in [5.41, 5.74) is 4.55. The number of anilines is 1. The minimum Gasteiger partial charge on any atom is -0.376 e. The molecule has 0 fully saturated rings. The van der Waals surface area contributed by atoms with E-state index in [9.17, 15) is 4.79 Å². The van der Waals surface area contributed by atoms with Crippen molar-refractivity contribution < 1.29 is 4.79 Å². The maximum Gasteiger partial charge on any atom is 0.241 e. The second-order valence-corrected chi connectivity index (χ2v) is 5.59. The Morgan fingerprint density at radius 3 is 2.64 bits per heavy atom. The van der Waals surface area contributed by atoms with Gasteiger partial charge in [-0.25, -0.2) is 0 Å². The van der Waals surface area contributed by atoms with Gasteiger partial charge in [0.1, 0.15) is 0 Å². The summed E-state index contributed by atoms with van der Waals surface area (Å²) in [7, 11) is 1.84. The summed E-state index contributed by atoms with van der Waals surface area (Å²) in [4.78, 5) is 17.9. The van der Waals surface area contributed by atoms with E-state index in [2.05, 4.69) is 28.5 Å². The number of nitrogens with zero attached hydrogens (tertiary/aromatic N) is 2. The Hall–Kier alpha value is -2.36. The summed E-state index contributed by atoms with van der Waals surface area (Å²) < 4.78 is 0. The number of carbonyl (C=O) groups excluding carboxylic acids is 1. The monoisotopic (exact) mass is 297 g/mol. The molecule has 1 amide bonds. The number of hydrogen-bond donors (Lipinski definition) is 1. The third-order valence-electron chi connectivity index (χ3n) is 3.73. The van der Waals surface area contributed by atoms with E-state index in [0.717, 1.165) is 17.7 Å². The van der Waals surface area contributed by atoms with E-state index in [-0.39, 0.29) is 5.91 Å². The molecule has 0 saturated carbocycles. The molecule has 4 nitrogen and oxygen atoms in total. The minimum atomic E-state index is 0.0926. The van der Waals surface area contributed by atoms with Gasteiger partial charge in [-0.2, -0.15) is 0 Å². The first-order valence-electron chi connectivity index (χ1n) is 7.50. The Morgan fingerprint density at radius 1 is 1.18 bits per heavy atom. The predicted octanol–water partition coefficient (Wildman–Crippen LogP) is 2.81. The quantitative estimate of drug-likeness (QED) is 0.892. The maximum absolute atomic E-state index is 12.2. The molecule has 0 saturated heterocycles. The molecule has 2 aromatic rings. The van der Waals surface area contributed by atoms with E-state index in [0.29, 0.717) is 13.1 Å². The fourth-order valence-electron chi connectivity index (χ4n) is 2.20. The van der Waals surface area contributed by atoms with Crippen molar-refractivity contribution in [2.24, 2.45) is 0 Å². The van der Waals surface area contributed by atoms with Crippen molar-refractivity contribution in [3.8, 4) is 0 Å². The summed E-state index contributed by atoms with van der Waals surface area (Å²) in [6.07, 6.45) is 4.40. The van der Waals surface area contributed by atoms with Crippen molar-refractivity contribution in [3.63, 3.8) is 0 Å². The zero-order valence-corrected chi connectivity index (χ0v) is 13.5. The number of likely N-dealkylation sites (N-methyl/N-ethyl adjacent to an activating group) is 1. The van der Waals surface area contributed by atoms with Crippen molar-refractivity contribution in [2.75, 3.05) is 25.5 Å². The third kappa shape index (κ3) is 4.58. The number of carbonyl (C=O) groups is 1. The van der Waals surface area contributed by atoms with E-state index >= 15 is 0 Å². The van der Waals surface area contributed by atoms with E-state index in [1.165, 1.54) is 11.1 Å². The Labute approximate surface area is 132 Å². The van der Waals surface area contributed by atoms with Gasteiger partial charge in [0.2, 0.25) is 5.91 Å². The number of amides is 1. The highest BCUT2D eigenvalue weighted by molar-refractivity contribution is 5.81. The summed E-state index contributed by atoms with van der Waals surface area (Å²) in [6.45, 7) is 5.11. The molecular weight excluding hydrogens is 274 g/mol. The normalized spacial score (nSPS) is 10.3. The number of benzene rings is 1. The molecule has 0 radical (unpaired) electrons. The molecule has 1 N–H and O–H groups in total. The average molecular weight is 297 g/mol. The summed E-state index contributed by atoms with van der Waals surface area (Å²) in [5.74, 6) is 0.0926. The molecule has 0 atom stereocenters. The van der Waals surface area contributed by atoms with Crippen LogP contribution < -0.4 is 5.32 Å². The lowest BCUT2D eigenvalue weighted by Gasteiger charge is -2.18. The molecule has 22 heavy (non-hydrogen) atoms. The Bertz CT molecular complexity index is 625. The smallest absolute Gasteiger partial charge is 0.241 e. The SMILES string of the molecule is Cc1ccc(C)c(NCC(=O)N(C)CCc2ccncc2)c1. The van der Waals surface area contributed by atoms with Crippen molar-refractivity contribution >= 4 is 11.6 Å². The largest absolute Gasteiger partial charge is 0.376 e. The fourth-order valence-corrected chi connectivity index (χ4v) is 2.20. The molecule has 1 aromatic carbocycles. The van der Waals surface area contributed by atoms with Crippen LogP contribution in [0.2, 0.25) is 0 Å². The van der Waals surface area contributed by atoms with Crippen LogP contribution >= 0.6 is 0 Å². The van der Waals surface area contributed by atoms with Gasteiger partial charge >= 0.3 is 0 Å². The molecular formula is C18H23N3O. The second-order valence-electron chi connectivity index (χ2n) is 5.59. The molecule has 0 aliphatic heterocycles. The highest BCUT2D eigenvalue weighted by Crippen LogP contribution is 2.15. The van der Waals surface area contributed by atoms with E-state index in [1.54, 1.807) is 17.3 Å². The molecule has 0 bridgehead atoms. The second kappa shape index (κ2) is 7.59. The molecule has 1 heterocycles. The molecule has 116 valence electrons. The Kier molecular flexibility index (Phi) is 5.53. The first-order valence-corrected chi connectivity index (χ1v) is 7.50. The first kappa shape index (κ1) is 16.0. The molecule has 2 rings (SSSR count). The van der Waals surface area contributed by atoms with Gasteiger partial charge < -0.3 is 10.2 Å². The molecule has 0 unspecified atom stereocenters. The number of rotatable bonds is 6. The summed E-state index contributed by atoms with van der Waals surface area (Å²) in [6, 6.07) is 10.2. The van der Waals surface area contributed by atoms with Crippen LogP contribution in [0.25, 0.3) is 0 Å². The molecule has 0 aliphatic carbocycles. The zero-order valence-electron chi connectivity index (χ0n) is 13.5. The van der Waals surface area contributed by atoms with Crippen LogP contribution in [-0.4, -0.2) is 35.9 Å². The molecule has 4 heteroatoms. The van der Waals surface area contributed by atoms with Crippen LogP contribution in [0.15, 0.2) is 42.7 Å². The van der Waals surface area contributed by atoms with E-state index in [4.69, 9.17) is 0 Å². The molecule has 0 spiro atoms. The highest BCUT2D eigenvalue weighted by Gasteiger charge is 2.09. The lowest BCUT2D eigenvalue weighted by molar-refractivity contribution is -0.127. The predicted molar refractivity (Wildman–Crippen MR) is 90.0 cm³/mol. The van der Waals surface area contributed by atoms with Gasteiger partial charge in [-0.05, 0) is 55.2 Å². The molecule has 1 aromatic heterocycles. The van der Waals surface area contributed by atoms with Gasteiger partial charge in [-0.1, -0.05) is 12.1 Å². The van der Waals surface area contributed by atoms with Crippen molar-refractivity contribution in [3.05, 3.63) is 59.4 Å². The lowest BCUT2D eigenvalue weighted by Crippen LogP contribution is -2.33. The van der Waals surface area contributed by atoms with Crippen LogP contribution in [0, 0.1) is 13.8 Å². The van der Waals surface area contributed by atoms with Crippen molar-refractivity contribution in [1.82, 2.24) is 9.88 Å². The minimum absolute atomic E-state index is 0.0926. The van der Waals surface area contributed by atoms with E-state index in [1.807, 2.05) is 33.0 Å². The van der Waals surface area contributed by atoms with Gasteiger partial charge in [-0.3, -0.25) is 9.78 Å². The van der Waals surface area contributed by atoms with Gasteiger partial charge in [0.15, 0.2) is 0 Å². The number of nitrogens with one attached hydrogen (secondary N) is 1. The fraction of sp³-hybridized carbons (Fsp3) is 0.333. The van der Waals surface area contributed by atoms with Crippen LogP contribution in [-0.2, 0) is 11.2 Å². The van der Waals surface area contributed by atoms with Crippen LogP contribution in [0.4, 0.5) is 5.69 Å². The third-order valence-corrected chi connectivity index (χ3v) is 3.73. The molecule has 0 aliphatic rings. The van der Waals surface area contributed by atoms with Gasteiger partial charge in [0.05, 0.1) is 6.54 Å². The van der Waals surface area contributed by atoms with E-state index < -0.39 is 0 Å². The van der Waals surface area contributed by atoms with Crippen LogP contribution in [0.1, 0.15) is 16.7 Å². The number of hydrogen-bond acceptors (Lipinski definition) is 3. The van der Waals surface area contributed by atoms with Crippen molar-refractivity contribution in [2.45, 2.75) is 20.3 Å². The van der Waals surface area contributed by atoms with Gasteiger partial charge in [-0.15, -0.1) is 0 Å². The topological polar surface area (TPSA) is 45.2 Å². The number of aryl methyl sites for hydroxylation is 2. The van der Waals surface area contributed by atoms with Crippen LogP contribution in [0.3, 0.4) is 0 Å². The average Bonchev–Trinajstić information content (AvgIpc) is 2.54. The van der Waals surface area contributed by atoms with Crippen molar-refractivity contribution in [1.29, 1.82) is 0 Å². The summed E-state index contributed by atoms with van der Waals surface area (Å²) in [5, 5.41) is 3.23. The van der Waals surface area contributed by atoms with Gasteiger partial charge in [0, 0.05) is 31.7 Å². The van der Waals surface area contributed by atoms with Gasteiger partial charge in [0.25, 0.3) is 0 Å². The zero-order chi connectivity index (χ0) is 15.9. The summed E-state index contributed by atoms with van der Waals surface area (Å²) >= 11 is 0.